The fourth-order valence-electron chi connectivity index (χ4n) is 0.908. The molecule has 0 aliphatic heterocycles. The molecule has 5 heteroatoms. The smallest absolute Gasteiger partial charge is 0.186 e. The van der Waals surface area contributed by atoms with Gasteiger partial charge in [0.25, 0.3) is 0 Å². The van der Waals surface area contributed by atoms with E-state index in [4.69, 9.17) is 0 Å². The summed E-state index contributed by atoms with van der Waals surface area (Å²) in [5, 5.41) is 0. The van der Waals surface area contributed by atoms with Crippen molar-refractivity contribution in [1.29, 1.82) is 0 Å². The summed E-state index contributed by atoms with van der Waals surface area (Å²) in [5.41, 5.74) is 0. The fraction of sp³-hybridized carbons (Fsp3) is 0.125. The van der Waals surface area contributed by atoms with E-state index in [1.807, 2.05) is 0 Å². The summed E-state index contributed by atoms with van der Waals surface area (Å²) < 4.78 is 33.4. The SMILES string of the molecule is C=CC[n+]1cccc(S(=O)(=O)[O-])c1. The summed E-state index contributed by atoms with van der Waals surface area (Å²) in [7, 11) is -4.35. The van der Waals surface area contributed by atoms with Gasteiger partial charge in [-0.15, -0.1) is 0 Å². The van der Waals surface area contributed by atoms with E-state index >= 15 is 0 Å². The molecule has 0 amide bonds. The molecule has 0 N–H and O–H groups in total. The van der Waals surface area contributed by atoms with Crippen LogP contribution in [0.2, 0.25) is 0 Å². The maximum atomic E-state index is 10.6. The van der Waals surface area contributed by atoms with Gasteiger partial charge >= 0.3 is 0 Å². The summed E-state index contributed by atoms with van der Waals surface area (Å²) in [6.07, 6.45) is 4.56. The summed E-state index contributed by atoms with van der Waals surface area (Å²) in [4.78, 5) is -0.225. The van der Waals surface area contributed by atoms with Crippen molar-refractivity contribution in [3.8, 4) is 0 Å². The highest BCUT2D eigenvalue weighted by Gasteiger charge is 2.05. The quantitative estimate of drug-likeness (QED) is 0.393. The number of allylic oxidation sites excluding steroid dienone is 1. The van der Waals surface area contributed by atoms with Crippen molar-refractivity contribution in [1.82, 2.24) is 0 Å². The third-order valence-electron chi connectivity index (χ3n) is 1.46. The molecule has 0 atom stereocenters. The second-order valence-corrected chi connectivity index (χ2v) is 3.86. The molecular weight excluding hydrogens is 190 g/mol. The molecule has 1 aromatic rings. The maximum Gasteiger partial charge on any atom is 0.186 e. The highest BCUT2D eigenvalue weighted by atomic mass is 32.2. The molecule has 70 valence electrons. The van der Waals surface area contributed by atoms with Crippen LogP contribution < -0.4 is 4.57 Å². The monoisotopic (exact) mass is 199 g/mol. The van der Waals surface area contributed by atoms with E-state index < -0.39 is 10.1 Å². The van der Waals surface area contributed by atoms with Gasteiger partial charge in [-0.3, -0.25) is 0 Å². The Hall–Kier alpha value is -1.20. The number of hydrogen-bond donors (Lipinski definition) is 0. The Kier molecular flexibility index (Phi) is 2.79. The Morgan fingerprint density at radius 1 is 1.62 bits per heavy atom. The van der Waals surface area contributed by atoms with Crippen LogP contribution in [-0.2, 0) is 16.7 Å². The van der Waals surface area contributed by atoms with Gasteiger partial charge < -0.3 is 4.55 Å². The van der Waals surface area contributed by atoms with Crippen molar-refractivity contribution in [2.24, 2.45) is 0 Å². The first-order chi connectivity index (χ1) is 6.04. The number of nitrogens with zero attached hydrogens (tertiary/aromatic N) is 1. The molecule has 13 heavy (non-hydrogen) atoms. The van der Waals surface area contributed by atoms with E-state index in [-0.39, 0.29) is 4.90 Å². The van der Waals surface area contributed by atoms with Crippen LogP contribution in [0.25, 0.3) is 0 Å². The topological polar surface area (TPSA) is 61.1 Å². The van der Waals surface area contributed by atoms with Gasteiger partial charge in [-0.2, -0.15) is 0 Å². The van der Waals surface area contributed by atoms with Crippen LogP contribution >= 0.6 is 0 Å². The predicted octanol–water partition coefficient (Wildman–Crippen LogP) is 0.0642. The van der Waals surface area contributed by atoms with E-state index in [1.165, 1.54) is 18.3 Å². The van der Waals surface area contributed by atoms with Crippen molar-refractivity contribution in [3.63, 3.8) is 0 Å². The number of hydrogen-bond acceptors (Lipinski definition) is 3. The molecule has 0 aromatic carbocycles. The molecule has 1 heterocycles. The number of pyridine rings is 1. The molecule has 0 fully saturated rings. The van der Waals surface area contributed by atoms with Gasteiger partial charge in [0.15, 0.2) is 18.9 Å². The first-order valence-corrected chi connectivity index (χ1v) is 5.01. The molecular formula is C8H9NO3S. The zero-order valence-electron chi connectivity index (χ0n) is 6.88. The predicted molar refractivity (Wildman–Crippen MR) is 44.8 cm³/mol. The summed E-state index contributed by atoms with van der Waals surface area (Å²) in [5.74, 6) is 0. The fourth-order valence-corrected chi connectivity index (χ4v) is 1.42. The molecule has 0 spiro atoms. The van der Waals surface area contributed by atoms with Gasteiger partial charge in [-0.1, -0.05) is 6.58 Å². The first kappa shape index (κ1) is 9.88. The third kappa shape index (κ3) is 2.64. The number of rotatable bonds is 3. The van der Waals surface area contributed by atoms with Gasteiger partial charge in [0, 0.05) is 6.07 Å². The van der Waals surface area contributed by atoms with E-state index in [1.54, 1.807) is 16.8 Å². The second kappa shape index (κ2) is 3.68. The highest BCUT2D eigenvalue weighted by Crippen LogP contribution is 2.02. The lowest BCUT2D eigenvalue weighted by Gasteiger charge is -2.04. The summed E-state index contributed by atoms with van der Waals surface area (Å²) in [6.45, 7) is 3.97. The van der Waals surface area contributed by atoms with Crippen LogP contribution in [0.5, 0.6) is 0 Å². The maximum absolute atomic E-state index is 10.6. The summed E-state index contributed by atoms with van der Waals surface area (Å²) >= 11 is 0. The van der Waals surface area contributed by atoms with Crippen LogP contribution in [0, 0.1) is 0 Å². The van der Waals surface area contributed by atoms with Gasteiger partial charge in [0.2, 0.25) is 0 Å². The van der Waals surface area contributed by atoms with Gasteiger partial charge in [0.1, 0.15) is 15.0 Å². The Bertz CT molecular complexity index is 411. The Balaban J connectivity index is 3.13. The lowest BCUT2D eigenvalue weighted by atomic mass is 10.4. The molecule has 0 saturated carbocycles. The Morgan fingerprint density at radius 2 is 2.31 bits per heavy atom. The third-order valence-corrected chi connectivity index (χ3v) is 2.28. The normalized spacial score (nSPS) is 11.2. The van der Waals surface area contributed by atoms with E-state index in [0.717, 1.165) is 0 Å². The van der Waals surface area contributed by atoms with Crippen molar-refractivity contribution < 1.29 is 17.5 Å². The second-order valence-electron chi connectivity index (χ2n) is 2.48. The molecule has 0 aliphatic carbocycles. The average molecular weight is 199 g/mol. The molecule has 0 unspecified atom stereocenters. The molecule has 1 rings (SSSR count). The van der Waals surface area contributed by atoms with Crippen molar-refractivity contribution in [2.75, 3.05) is 0 Å². The van der Waals surface area contributed by atoms with E-state index in [0.29, 0.717) is 6.54 Å². The minimum absolute atomic E-state index is 0.225. The van der Waals surface area contributed by atoms with E-state index in [9.17, 15) is 13.0 Å². The molecule has 1 aromatic heterocycles. The Labute approximate surface area is 76.9 Å². The zero-order chi connectivity index (χ0) is 9.90. The molecule has 0 bridgehead atoms. The van der Waals surface area contributed by atoms with Gasteiger partial charge in [0.05, 0.1) is 0 Å². The minimum Gasteiger partial charge on any atom is -0.744 e. The van der Waals surface area contributed by atoms with E-state index in [2.05, 4.69) is 6.58 Å². The number of aromatic nitrogens is 1. The summed E-state index contributed by atoms with van der Waals surface area (Å²) in [6, 6.07) is 2.77. The largest absolute Gasteiger partial charge is 0.744 e. The van der Waals surface area contributed by atoms with Crippen molar-refractivity contribution in [3.05, 3.63) is 37.2 Å². The van der Waals surface area contributed by atoms with Crippen LogP contribution in [0.15, 0.2) is 42.1 Å². The average Bonchev–Trinajstić information content (AvgIpc) is 2.04. The first-order valence-electron chi connectivity index (χ1n) is 3.60. The minimum atomic E-state index is -4.35. The lowest BCUT2D eigenvalue weighted by molar-refractivity contribution is -0.688. The van der Waals surface area contributed by atoms with Crippen LogP contribution in [0.4, 0.5) is 0 Å². The van der Waals surface area contributed by atoms with Crippen LogP contribution in [0.3, 0.4) is 0 Å². The molecule has 0 aliphatic rings. The zero-order valence-corrected chi connectivity index (χ0v) is 7.70. The molecule has 4 nitrogen and oxygen atoms in total. The standard InChI is InChI=1S/C8H9NO3S/c1-2-5-9-6-3-4-8(7-9)13(10,11)12/h2-4,6-7H,1,5H2. The Morgan fingerprint density at radius 3 is 2.85 bits per heavy atom. The van der Waals surface area contributed by atoms with Gasteiger partial charge in [-0.25, -0.2) is 13.0 Å². The van der Waals surface area contributed by atoms with Crippen LogP contribution in [0.1, 0.15) is 0 Å². The lowest BCUT2D eigenvalue weighted by Crippen LogP contribution is -2.32. The highest BCUT2D eigenvalue weighted by molar-refractivity contribution is 7.85. The van der Waals surface area contributed by atoms with Crippen molar-refractivity contribution >= 4 is 10.1 Å². The molecule has 0 radical (unpaired) electrons. The van der Waals surface area contributed by atoms with Crippen LogP contribution in [-0.4, -0.2) is 13.0 Å². The van der Waals surface area contributed by atoms with Crippen molar-refractivity contribution in [2.45, 2.75) is 11.4 Å². The molecule has 0 saturated heterocycles. The van der Waals surface area contributed by atoms with Gasteiger partial charge in [-0.05, 0) is 12.1 Å².